The average Bonchev–Trinajstić information content (AvgIpc) is 3.22. The molecule has 1 unspecified atom stereocenters. The van der Waals surface area contributed by atoms with E-state index < -0.39 is 0 Å². The Labute approximate surface area is 111 Å². The van der Waals surface area contributed by atoms with Crippen LogP contribution in [-0.4, -0.2) is 19.1 Å². The first-order valence-corrected chi connectivity index (χ1v) is 7.36. The topological polar surface area (TPSA) is 15.3 Å². The van der Waals surface area contributed by atoms with Crippen LogP contribution in [0, 0.1) is 0 Å². The van der Waals surface area contributed by atoms with Gasteiger partial charge in [0.1, 0.15) is 0 Å². The Morgan fingerprint density at radius 3 is 2.61 bits per heavy atom. The van der Waals surface area contributed by atoms with Gasteiger partial charge in [-0.25, -0.2) is 0 Å². The maximum absolute atomic E-state index is 3.60. The van der Waals surface area contributed by atoms with Crippen LogP contribution in [-0.2, 0) is 0 Å². The molecule has 2 rings (SSSR count). The molecular weight excluding hydrogens is 220 g/mol. The monoisotopic (exact) mass is 246 g/mol. The minimum atomic E-state index is 0.439. The highest BCUT2D eigenvalue weighted by atomic mass is 15.2. The first kappa shape index (κ1) is 13.4. The summed E-state index contributed by atoms with van der Waals surface area (Å²) in [5.41, 5.74) is 2.87. The van der Waals surface area contributed by atoms with Gasteiger partial charge in [0.15, 0.2) is 0 Å². The lowest BCUT2D eigenvalue weighted by Gasteiger charge is -2.28. The summed E-state index contributed by atoms with van der Waals surface area (Å²) >= 11 is 0. The van der Waals surface area contributed by atoms with E-state index in [-0.39, 0.29) is 0 Å². The van der Waals surface area contributed by atoms with Crippen LogP contribution in [0.4, 0.5) is 5.69 Å². The quantitative estimate of drug-likeness (QED) is 0.788. The molecule has 0 aromatic heterocycles. The molecule has 0 amide bonds. The molecule has 1 aromatic rings. The van der Waals surface area contributed by atoms with E-state index in [0.717, 1.165) is 19.1 Å². The van der Waals surface area contributed by atoms with Gasteiger partial charge in [0.2, 0.25) is 0 Å². The van der Waals surface area contributed by atoms with E-state index in [0.29, 0.717) is 6.04 Å². The molecule has 1 aliphatic carbocycles. The molecule has 0 aliphatic heterocycles. The number of rotatable bonds is 7. The van der Waals surface area contributed by atoms with Crippen molar-refractivity contribution in [2.24, 2.45) is 0 Å². The van der Waals surface area contributed by atoms with Crippen molar-refractivity contribution in [1.82, 2.24) is 5.32 Å². The SMILES string of the molecule is CCCNC(C)c1ccccc1N(CC)C1CC1. The summed E-state index contributed by atoms with van der Waals surface area (Å²) in [6, 6.07) is 10.1. The van der Waals surface area contributed by atoms with Gasteiger partial charge in [-0.05, 0) is 51.3 Å². The average molecular weight is 246 g/mol. The number of benzene rings is 1. The fraction of sp³-hybridized carbons (Fsp3) is 0.625. The lowest BCUT2D eigenvalue weighted by atomic mass is 10.0. The van der Waals surface area contributed by atoms with Crippen molar-refractivity contribution >= 4 is 5.69 Å². The molecule has 1 saturated carbocycles. The minimum Gasteiger partial charge on any atom is -0.369 e. The number of anilines is 1. The summed E-state index contributed by atoms with van der Waals surface area (Å²) in [6.07, 6.45) is 3.91. The van der Waals surface area contributed by atoms with Crippen molar-refractivity contribution in [3.8, 4) is 0 Å². The van der Waals surface area contributed by atoms with E-state index in [9.17, 15) is 0 Å². The second-order valence-electron chi connectivity index (χ2n) is 5.25. The van der Waals surface area contributed by atoms with E-state index in [1.807, 2.05) is 0 Å². The third-order valence-electron chi connectivity index (χ3n) is 3.74. The van der Waals surface area contributed by atoms with Crippen LogP contribution in [0.3, 0.4) is 0 Å². The van der Waals surface area contributed by atoms with Crippen molar-refractivity contribution in [1.29, 1.82) is 0 Å². The second-order valence-corrected chi connectivity index (χ2v) is 5.25. The standard InChI is InChI=1S/C16H26N2/c1-4-12-17-13(3)15-8-6-7-9-16(15)18(5-2)14-10-11-14/h6-9,13-14,17H,4-5,10-12H2,1-3H3. The van der Waals surface area contributed by atoms with Gasteiger partial charge in [-0.2, -0.15) is 0 Å². The number of hydrogen-bond acceptors (Lipinski definition) is 2. The minimum absolute atomic E-state index is 0.439. The number of nitrogens with one attached hydrogen (secondary N) is 1. The normalized spacial score (nSPS) is 16.6. The Morgan fingerprint density at radius 1 is 1.28 bits per heavy atom. The molecule has 1 aromatic carbocycles. The highest BCUT2D eigenvalue weighted by Crippen LogP contribution is 2.35. The molecule has 0 saturated heterocycles. The zero-order chi connectivity index (χ0) is 13.0. The second kappa shape index (κ2) is 6.24. The van der Waals surface area contributed by atoms with Crippen molar-refractivity contribution in [2.45, 2.75) is 52.1 Å². The summed E-state index contributed by atoms with van der Waals surface area (Å²) in [6.45, 7) is 8.95. The molecule has 1 aliphatic rings. The molecule has 100 valence electrons. The first-order valence-electron chi connectivity index (χ1n) is 7.36. The number of hydrogen-bond donors (Lipinski definition) is 1. The van der Waals surface area contributed by atoms with Gasteiger partial charge in [0, 0.05) is 24.3 Å². The van der Waals surface area contributed by atoms with E-state index in [2.05, 4.69) is 55.3 Å². The predicted molar refractivity (Wildman–Crippen MR) is 79.2 cm³/mol. The lowest BCUT2D eigenvalue weighted by Crippen LogP contribution is -2.28. The Morgan fingerprint density at radius 2 is 2.00 bits per heavy atom. The largest absolute Gasteiger partial charge is 0.369 e. The zero-order valence-electron chi connectivity index (χ0n) is 11.9. The van der Waals surface area contributed by atoms with E-state index >= 15 is 0 Å². The van der Waals surface area contributed by atoms with Crippen LogP contribution in [0.15, 0.2) is 24.3 Å². The van der Waals surface area contributed by atoms with Gasteiger partial charge >= 0.3 is 0 Å². The molecule has 2 heteroatoms. The molecule has 1 atom stereocenters. The molecule has 1 fully saturated rings. The summed E-state index contributed by atoms with van der Waals surface area (Å²) < 4.78 is 0. The Bertz CT molecular complexity index is 371. The molecule has 0 spiro atoms. The summed E-state index contributed by atoms with van der Waals surface area (Å²) in [5.74, 6) is 0. The summed E-state index contributed by atoms with van der Waals surface area (Å²) in [4.78, 5) is 2.57. The van der Waals surface area contributed by atoms with Gasteiger partial charge in [-0.15, -0.1) is 0 Å². The number of para-hydroxylation sites is 1. The summed E-state index contributed by atoms with van der Waals surface area (Å²) in [5, 5.41) is 3.60. The van der Waals surface area contributed by atoms with Crippen LogP contribution in [0.2, 0.25) is 0 Å². The lowest BCUT2D eigenvalue weighted by molar-refractivity contribution is 0.569. The van der Waals surface area contributed by atoms with Crippen molar-refractivity contribution in [3.05, 3.63) is 29.8 Å². The predicted octanol–water partition coefficient (Wildman–Crippen LogP) is 3.74. The van der Waals surface area contributed by atoms with E-state index in [4.69, 9.17) is 0 Å². The van der Waals surface area contributed by atoms with Crippen molar-refractivity contribution in [2.75, 3.05) is 18.0 Å². The highest BCUT2D eigenvalue weighted by Gasteiger charge is 2.29. The van der Waals surface area contributed by atoms with Crippen LogP contribution in [0.5, 0.6) is 0 Å². The van der Waals surface area contributed by atoms with Crippen molar-refractivity contribution < 1.29 is 0 Å². The molecule has 18 heavy (non-hydrogen) atoms. The summed E-state index contributed by atoms with van der Waals surface area (Å²) in [7, 11) is 0. The maximum Gasteiger partial charge on any atom is 0.0417 e. The molecule has 1 N–H and O–H groups in total. The third kappa shape index (κ3) is 3.05. The van der Waals surface area contributed by atoms with Gasteiger partial charge in [-0.1, -0.05) is 25.1 Å². The van der Waals surface area contributed by atoms with Gasteiger partial charge in [0.25, 0.3) is 0 Å². The smallest absolute Gasteiger partial charge is 0.0417 e. The Balaban J connectivity index is 2.18. The third-order valence-corrected chi connectivity index (χ3v) is 3.74. The Hall–Kier alpha value is -1.02. The van der Waals surface area contributed by atoms with Gasteiger partial charge in [-0.3, -0.25) is 0 Å². The molecule has 0 heterocycles. The maximum atomic E-state index is 3.60. The van der Waals surface area contributed by atoms with Crippen molar-refractivity contribution in [3.63, 3.8) is 0 Å². The van der Waals surface area contributed by atoms with Crippen LogP contribution in [0.25, 0.3) is 0 Å². The first-order chi connectivity index (χ1) is 8.77. The van der Waals surface area contributed by atoms with Crippen LogP contribution >= 0.6 is 0 Å². The highest BCUT2D eigenvalue weighted by molar-refractivity contribution is 5.56. The van der Waals surface area contributed by atoms with Crippen LogP contribution in [0.1, 0.15) is 51.6 Å². The molecule has 0 radical (unpaired) electrons. The zero-order valence-corrected chi connectivity index (χ0v) is 11.9. The molecule has 0 bridgehead atoms. The fourth-order valence-electron chi connectivity index (χ4n) is 2.60. The van der Waals surface area contributed by atoms with E-state index in [1.54, 1.807) is 0 Å². The van der Waals surface area contributed by atoms with Gasteiger partial charge < -0.3 is 10.2 Å². The molecule has 2 nitrogen and oxygen atoms in total. The fourth-order valence-corrected chi connectivity index (χ4v) is 2.60. The Kier molecular flexibility index (Phi) is 4.65. The molecular formula is C16H26N2. The van der Waals surface area contributed by atoms with Gasteiger partial charge in [0.05, 0.1) is 0 Å². The van der Waals surface area contributed by atoms with E-state index in [1.165, 1.54) is 30.5 Å². The number of nitrogens with zero attached hydrogens (tertiary/aromatic N) is 1. The van der Waals surface area contributed by atoms with Crippen LogP contribution < -0.4 is 10.2 Å².